The van der Waals surface area contributed by atoms with E-state index in [-0.39, 0.29) is 15.6 Å². The molecule has 0 saturated heterocycles. The van der Waals surface area contributed by atoms with Gasteiger partial charge in [0, 0.05) is 10.9 Å². The van der Waals surface area contributed by atoms with Crippen molar-refractivity contribution in [2.45, 2.75) is 11.8 Å². The second-order valence-corrected chi connectivity index (χ2v) is 6.23. The molecule has 0 aliphatic heterocycles. The zero-order valence-electron chi connectivity index (χ0n) is 9.08. The van der Waals surface area contributed by atoms with Crippen molar-refractivity contribution in [1.29, 1.82) is 0 Å². The second-order valence-electron chi connectivity index (χ2n) is 3.33. The van der Waals surface area contributed by atoms with Gasteiger partial charge in [-0.05, 0) is 13.0 Å². The Balaban J connectivity index is 2.38. The molecule has 0 aromatic carbocycles. The number of carbonyl (C=O) groups is 1. The van der Waals surface area contributed by atoms with E-state index >= 15 is 0 Å². The fraction of sp³-hybridized carbons (Fsp3) is 0.111. The second kappa shape index (κ2) is 4.42. The third-order valence-electron chi connectivity index (χ3n) is 2.05. The van der Waals surface area contributed by atoms with Crippen molar-refractivity contribution in [2.24, 2.45) is 0 Å². The molecule has 0 aliphatic rings. The van der Waals surface area contributed by atoms with Gasteiger partial charge < -0.3 is 9.63 Å². The quantitative estimate of drug-likeness (QED) is 0.883. The fourth-order valence-corrected chi connectivity index (χ4v) is 3.72. The van der Waals surface area contributed by atoms with Crippen molar-refractivity contribution >= 4 is 33.1 Å². The van der Waals surface area contributed by atoms with Gasteiger partial charge in [-0.25, -0.2) is 13.2 Å². The largest absolute Gasteiger partial charge is 0.477 e. The van der Waals surface area contributed by atoms with Crippen molar-refractivity contribution in [3.8, 4) is 0 Å². The average Bonchev–Trinajstić information content (AvgIpc) is 2.86. The Labute approximate surface area is 106 Å². The number of aryl methyl sites for hydroxylation is 1. The summed E-state index contributed by atoms with van der Waals surface area (Å²) in [5.74, 6) is -1.12. The number of thiophene rings is 1. The Morgan fingerprint density at radius 3 is 2.78 bits per heavy atom. The van der Waals surface area contributed by atoms with Crippen LogP contribution in [0.25, 0.3) is 0 Å². The lowest BCUT2D eigenvalue weighted by Crippen LogP contribution is -2.13. The molecule has 0 spiro atoms. The minimum Gasteiger partial charge on any atom is -0.477 e. The van der Waals surface area contributed by atoms with Gasteiger partial charge in [0.25, 0.3) is 10.0 Å². The SMILES string of the molecule is Cc1sc(C(=O)O)cc1S(=O)(=O)Nc1ccon1. The van der Waals surface area contributed by atoms with Crippen molar-refractivity contribution < 1.29 is 22.8 Å². The van der Waals surface area contributed by atoms with E-state index < -0.39 is 16.0 Å². The van der Waals surface area contributed by atoms with Crippen LogP contribution in [0.1, 0.15) is 14.5 Å². The van der Waals surface area contributed by atoms with Crippen LogP contribution >= 0.6 is 11.3 Å². The molecule has 96 valence electrons. The highest BCUT2D eigenvalue weighted by atomic mass is 32.2. The Morgan fingerprint density at radius 2 is 2.28 bits per heavy atom. The Bertz CT molecular complexity index is 672. The molecule has 2 aromatic heterocycles. The molecule has 0 atom stereocenters. The first kappa shape index (κ1) is 12.6. The Hall–Kier alpha value is -1.87. The standard InChI is InChI=1S/C9H8N2O5S2/c1-5-7(4-6(17-5)9(12)13)18(14,15)11-8-2-3-16-10-8/h2-4H,1H3,(H,10,11)(H,12,13). The molecule has 0 saturated carbocycles. The summed E-state index contributed by atoms with van der Waals surface area (Å²) in [6.45, 7) is 1.54. The maximum Gasteiger partial charge on any atom is 0.345 e. The van der Waals surface area contributed by atoms with Crippen molar-refractivity contribution in [3.05, 3.63) is 28.2 Å². The van der Waals surface area contributed by atoms with E-state index in [1.54, 1.807) is 0 Å². The summed E-state index contributed by atoms with van der Waals surface area (Å²) in [5.41, 5.74) is 0. The van der Waals surface area contributed by atoms with Gasteiger partial charge in [0.1, 0.15) is 16.0 Å². The van der Waals surface area contributed by atoms with Gasteiger partial charge in [0.05, 0.1) is 0 Å². The lowest BCUT2D eigenvalue weighted by Gasteiger charge is -2.03. The molecule has 2 heterocycles. The average molecular weight is 288 g/mol. The molecule has 7 nitrogen and oxygen atoms in total. The number of sulfonamides is 1. The van der Waals surface area contributed by atoms with E-state index in [4.69, 9.17) is 5.11 Å². The van der Waals surface area contributed by atoms with Gasteiger partial charge in [-0.3, -0.25) is 4.72 Å². The third kappa shape index (κ3) is 2.36. The van der Waals surface area contributed by atoms with Crippen LogP contribution in [0.2, 0.25) is 0 Å². The zero-order valence-corrected chi connectivity index (χ0v) is 10.7. The topological polar surface area (TPSA) is 110 Å². The van der Waals surface area contributed by atoms with Crippen LogP contribution in [-0.2, 0) is 10.0 Å². The molecule has 18 heavy (non-hydrogen) atoms. The van der Waals surface area contributed by atoms with Crippen LogP contribution in [0.4, 0.5) is 5.82 Å². The molecule has 9 heteroatoms. The first-order valence-corrected chi connectivity index (χ1v) is 6.97. The highest BCUT2D eigenvalue weighted by Crippen LogP contribution is 2.27. The van der Waals surface area contributed by atoms with Crippen LogP contribution in [0.3, 0.4) is 0 Å². The molecule has 0 fully saturated rings. The molecule has 0 amide bonds. The maximum atomic E-state index is 12.0. The molecular weight excluding hydrogens is 280 g/mol. The molecular formula is C9H8N2O5S2. The normalized spacial score (nSPS) is 11.4. The molecule has 2 rings (SSSR count). The van der Waals surface area contributed by atoms with Gasteiger partial charge in [0.2, 0.25) is 0 Å². The zero-order chi connectivity index (χ0) is 13.3. The predicted molar refractivity (Wildman–Crippen MR) is 63.3 cm³/mol. The number of carboxylic acid groups (broad SMARTS) is 1. The van der Waals surface area contributed by atoms with Crippen molar-refractivity contribution in [1.82, 2.24) is 5.16 Å². The number of anilines is 1. The molecule has 0 radical (unpaired) electrons. The van der Waals surface area contributed by atoms with E-state index in [9.17, 15) is 13.2 Å². The van der Waals surface area contributed by atoms with Crippen LogP contribution in [0.15, 0.2) is 27.8 Å². The fourth-order valence-electron chi connectivity index (χ4n) is 1.30. The number of aromatic nitrogens is 1. The highest BCUT2D eigenvalue weighted by molar-refractivity contribution is 7.93. The van der Waals surface area contributed by atoms with Crippen LogP contribution in [0, 0.1) is 6.92 Å². The first-order valence-electron chi connectivity index (χ1n) is 4.67. The summed E-state index contributed by atoms with van der Waals surface area (Å²) in [6.07, 6.45) is 1.22. The summed E-state index contributed by atoms with van der Waals surface area (Å²) in [4.78, 5) is 11.1. The van der Waals surface area contributed by atoms with Gasteiger partial charge in [-0.1, -0.05) is 5.16 Å². The van der Waals surface area contributed by atoms with Crippen LogP contribution in [-0.4, -0.2) is 24.7 Å². The van der Waals surface area contributed by atoms with E-state index in [0.29, 0.717) is 4.88 Å². The van der Waals surface area contributed by atoms with E-state index in [0.717, 1.165) is 17.4 Å². The van der Waals surface area contributed by atoms with E-state index in [1.807, 2.05) is 0 Å². The predicted octanol–water partition coefficient (Wildman–Crippen LogP) is 1.54. The van der Waals surface area contributed by atoms with Gasteiger partial charge >= 0.3 is 5.97 Å². The summed E-state index contributed by atoms with van der Waals surface area (Å²) < 4.78 is 30.6. The highest BCUT2D eigenvalue weighted by Gasteiger charge is 2.22. The van der Waals surface area contributed by atoms with Crippen LogP contribution < -0.4 is 4.72 Å². The number of rotatable bonds is 4. The smallest absolute Gasteiger partial charge is 0.345 e. The molecule has 2 N–H and O–H groups in total. The summed E-state index contributed by atoms with van der Waals surface area (Å²) >= 11 is 0.899. The summed E-state index contributed by atoms with van der Waals surface area (Å²) in [7, 11) is -3.85. The minimum atomic E-state index is -3.85. The number of nitrogens with zero attached hydrogens (tertiary/aromatic N) is 1. The summed E-state index contributed by atoms with van der Waals surface area (Å²) in [6, 6.07) is 2.46. The molecule has 0 aliphatic carbocycles. The van der Waals surface area contributed by atoms with Gasteiger partial charge in [-0.2, -0.15) is 0 Å². The lowest BCUT2D eigenvalue weighted by atomic mass is 10.4. The van der Waals surface area contributed by atoms with E-state index in [2.05, 4.69) is 14.4 Å². The van der Waals surface area contributed by atoms with Crippen molar-refractivity contribution in [2.75, 3.05) is 4.72 Å². The lowest BCUT2D eigenvalue weighted by molar-refractivity contribution is 0.0702. The van der Waals surface area contributed by atoms with Gasteiger partial charge in [0.15, 0.2) is 5.82 Å². The monoisotopic (exact) mass is 288 g/mol. The molecule has 0 unspecified atom stereocenters. The minimum absolute atomic E-state index is 0.0342. The number of hydrogen-bond donors (Lipinski definition) is 2. The van der Waals surface area contributed by atoms with Crippen molar-refractivity contribution in [3.63, 3.8) is 0 Å². The first-order chi connectivity index (χ1) is 8.40. The number of nitrogens with one attached hydrogen (secondary N) is 1. The number of hydrogen-bond acceptors (Lipinski definition) is 6. The Morgan fingerprint density at radius 1 is 1.56 bits per heavy atom. The van der Waals surface area contributed by atoms with Gasteiger partial charge in [-0.15, -0.1) is 11.3 Å². The molecule has 0 bridgehead atoms. The number of aromatic carboxylic acids is 1. The van der Waals surface area contributed by atoms with E-state index in [1.165, 1.54) is 19.3 Å². The van der Waals surface area contributed by atoms with Crippen LogP contribution in [0.5, 0.6) is 0 Å². The maximum absolute atomic E-state index is 12.0. The number of carboxylic acids is 1. The molecule has 2 aromatic rings. The Kier molecular flexibility index (Phi) is 3.09. The summed E-state index contributed by atoms with van der Waals surface area (Å²) in [5, 5.41) is 12.2. The third-order valence-corrected chi connectivity index (χ3v) is 4.70.